The van der Waals surface area contributed by atoms with Crippen molar-refractivity contribution in [2.45, 2.75) is 13.8 Å². The van der Waals surface area contributed by atoms with Crippen LogP contribution in [0.2, 0.25) is 0 Å². The van der Waals surface area contributed by atoms with Crippen molar-refractivity contribution in [2.75, 3.05) is 0 Å². The summed E-state index contributed by atoms with van der Waals surface area (Å²) < 4.78 is 4.11. The molecule has 29 heavy (non-hydrogen) atoms. The molecule has 0 atom stereocenters. The SMILES string of the molecule is Cc1cccc(C)c1-n1cnnc1-c1[c-]cc2ncn(-c3ccccc3)c2c1.[Ir]. The van der Waals surface area contributed by atoms with Gasteiger partial charge in [-0.15, -0.1) is 28.9 Å². The molecule has 2 heterocycles. The number of imidazole rings is 1. The number of benzene rings is 3. The summed E-state index contributed by atoms with van der Waals surface area (Å²) in [4.78, 5) is 4.52. The molecule has 6 heteroatoms. The quantitative estimate of drug-likeness (QED) is 0.303. The Kier molecular flexibility index (Phi) is 5.14. The summed E-state index contributed by atoms with van der Waals surface area (Å²) in [5.41, 5.74) is 7.31. The first-order valence-corrected chi connectivity index (χ1v) is 9.13. The van der Waals surface area contributed by atoms with Gasteiger partial charge in [0.15, 0.2) is 0 Å². The van der Waals surface area contributed by atoms with Gasteiger partial charge in [0, 0.05) is 37.0 Å². The molecule has 2 aromatic heterocycles. The van der Waals surface area contributed by atoms with Crippen LogP contribution in [-0.4, -0.2) is 24.3 Å². The van der Waals surface area contributed by atoms with E-state index in [-0.39, 0.29) is 20.1 Å². The minimum atomic E-state index is 0. The Morgan fingerprint density at radius 1 is 0.862 bits per heavy atom. The standard InChI is InChI=1S/C23H18N5.Ir/c1-16-7-6-8-17(2)22(16)28-15-25-26-23(28)18-11-12-20-21(13-18)27(14-24-20)19-9-4-3-5-10-19;/h3-10,12-15H,1-2H3;/q-1;. The molecule has 0 saturated carbocycles. The van der Waals surface area contributed by atoms with E-state index in [1.54, 1.807) is 6.33 Å². The van der Waals surface area contributed by atoms with E-state index in [0.717, 1.165) is 33.8 Å². The summed E-state index contributed by atoms with van der Waals surface area (Å²) in [7, 11) is 0. The van der Waals surface area contributed by atoms with Gasteiger partial charge in [-0.3, -0.25) is 4.98 Å². The Morgan fingerprint density at radius 3 is 2.38 bits per heavy atom. The van der Waals surface area contributed by atoms with Gasteiger partial charge in [0.2, 0.25) is 0 Å². The van der Waals surface area contributed by atoms with Crippen LogP contribution in [0.25, 0.3) is 33.8 Å². The molecule has 145 valence electrons. The zero-order valence-corrected chi connectivity index (χ0v) is 18.4. The first-order valence-electron chi connectivity index (χ1n) is 9.13. The third kappa shape index (κ3) is 3.31. The molecular weight excluding hydrogens is 539 g/mol. The van der Waals surface area contributed by atoms with E-state index in [4.69, 9.17) is 0 Å². The van der Waals surface area contributed by atoms with E-state index < -0.39 is 0 Å². The summed E-state index contributed by atoms with van der Waals surface area (Å²) in [5, 5.41) is 8.57. The van der Waals surface area contributed by atoms with E-state index in [1.165, 1.54) is 11.1 Å². The van der Waals surface area contributed by atoms with Crippen LogP contribution in [-0.2, 0) is 20.1 Å². The van der Waals surface area contributed by atoms with Gasteiger partial charge in [0.25, 0.3) is 0 Å². The Bertz CT molecular complexity index is 1270. The number of hydrogen-bond acceptors (Lipinski definition) is 3. The first kappa shape index (κ1) is 19.2. The summed E-state index contributed by atoms with van der Waals surface area (Å²) in [6, 6.07) is 23.8. The van der Waals surface area contributed by atoms with Gasteiger partial charge in [-0.2, -0.15) is 5.10 Å². The molecule has 0 saturated heterocycles. The van der Waals surface area contributed by atoms with E-state index in [0.29, 0.717) is 0 Å². The van der Waals surface area contributed by atoms with Gasteiger partial charge < -0.3 is 9.13 Å². The number of para-hydroxylation sites is 2. The van der Waals surface area contributed by atoms with Crippen molar-refractivity contribution in [3.05, 3.63) is 90.5 Å². The fraction of sp³-hybridized carbons (Fsp3) is 0.0870. The second-order valence-corrected chi connectivity index (χ2v) is 6.83. The fourth-order valence-electron chi connectivity index (χ4n) is 3.64. The molecule has 1 radical (unpaired) electrons. The molecule has 0 N–H and O–H groups in total. The number of aryl methyl sites for hydroxylation is 2. The maximum absolute atomic E-state index is 4.52. The van der Waals surface area contributed by atoms with Crippen molar-refractivity contribution in [3.63, 3.8) is 0 Å². The fourth-order valence-corrected chi connectivity index (χ4v) is 3.64. The van der Waals surface area contributed by atoms with E-state index >= 15 is 0 Å². The van der Waals surface area contributed by atoms with Crippen LogP contribution >= 0.6 is 0 Å². The van der Waals surface area contributed by atoms with E-state index in [1.807, 2.05) is 35.2 Å². The molecule has 0 spiro atoms. The Balaban J connectivity index is 0.00000205. The normalized spacial score (nSPS) is 10.8. The molecular formula is C23H18IrN5-. The molecule has 0 fully saturated rings. The second kappa shape index (κ2) is 7.74. The Labute approximate surface area is 182 Å². The van der Waals surface area contributed by atoms with Gasteiger partial charge in [-0.25, -0.2) is 0 Å². The van der Waals surface area contributed by atoms with Crippen molar-refractivity contribution < 1.29 is 20.1 Å². The van der Waals surface area contributed by atoms with Crippen LogP contribution in [0.1, 0.15) is 11.1 Å². The number of hydrogen-bond donors (Lipinski definition) is 0. The average molecular weight is 557 g/mol. The van der Waals surface area contributed by atoms with Crippen LogP contribution in [0.3, 0.4) is 0 Å². The molecule has 0 unspecified atom stereocenters. The predicted molar refractivity (Wildman–Crippen MR) is 110 cm³/mol. The summed E-state index contributed by atoms with van der Waals surface area (Å²) in [6.07, 6.45) is 3.60. The number of rotatable bonds is 3. The Hall–Kier alpha value is -3.08. The van der Waals surface area contributed by atoms with Gasteiger partial charge in [0.1, 0.15) is 6.33 Å². The third-order valence-corrected chi connectivity index (χ3v) is 4.98. The largest absolute Gasteiger partial charge is 0.322 e. The van der Waals surface area contributed by atoms with Gasteiger partial charge in [-0.05, 0) is 42.6 Å². The molecule has 5 nitrogen and oxygen atoms in total. The minimum Gasteiger partial charge on any atom is -0.322 e. The minimum absolute atomic E-state index is 0. The second-order valence-electron chi connectivity index (χ2n) is 6.83. The van der Waals surface area contributed by atoms with E-state index in [9.17, 15) is 0 Å². The molecule has 0 amide bonds. The van der Waals surface area contributed by atoms with Crippen molar-refractivity contribution in [2.24, 2.45) is 0 Å². The summed E-state index contributed by atoms with van der Waals surface area (Å²) >= 11 is 0. The van der Waals surface area contributed by atoms with Crippen LogP contribution in [0.4, 0.5) is 0 Å². The molecule has 5 aromatic rings. The monoisotopic (exact) mass is 557 g/mol. The number of nitrogens with zero attached hydrogens (tertiary/aromatic N) is 5. The van der Waals surface area contributed by atoms with E-state index in [2.05, 4.69) is 76.1 Å². The van der Waals surface area contributed by atoms with Crippen molar-refractivity contribution in [1.82, 2.24) is 24.3 Å². The molecule has 0 bridgehead atoms. The van der Waals surface area contributed by atoms with Crippen molar-refractivity contribution in [3.8, 4) is 22.8 Å². The van der Waals surface area contributed by atoms with Crippen LogP contribution in [0.15, 0.2) is 73.3 Å². The maximum Gasteiger partial charge on any atom is 0.114 e. The molecule has 5 rings (SSSR count). The smallest absolute Gasteiger partial charge is 0.114 e. The summed E-state index contributed by atoms with van der Waals surface area (Å²) in [6.45, 7) is 4.20. The number of aromatic nitrogens is 5. The van der Waals surface area contributed by atoms with Crippen molar-refractivity contribution in [1.29, 1.82) is 0 Å². The van der Waals surface area contributed by atoms with Crippen LogP contribution in [0.5, 0.6) is 0 Å². The zero-order chi connectivity index (χ0) is 19.1. The van der Waals surface area contributed by atoms with Gasteiger partial charge in [0.05, 0.1) is 12.2 Å². The Morgan fingerprint density at radius 2 is 1.62 bits per heavy atom. The summed E-state index contributed by atoms with van der Waals surface area (Å²) in [5.74, 6) is 0.764. The molecule has 3 aromatic carbocycles. The topological polar surface area (TPSA) is 48.5 Å². The van der Waals surface area contributed by atoms with Gasteiger partial charge in [-0.1, -0.05) is 36.4 Å². The molecule has 0 aliphatic heterocycles. The third-order valence-electron chi connectivity index (χ3n) is 4.98. The molecule has 0 aliphatic rings. The van der Waals surface area contributed by atoms with Crippen LogP contribution < -0.4 is 0 Å². The predicted octanol–water partition coefficient (Wildman–Crippen LogP) is 4.69. The molecule has 0 aliphatic carbocycles. The first-order chi connectivity index (χ1) is 13.7. The van der Waals surface area contributed by atoms with Gasteiger partial charge >= 0.3 is 0 Å². The number of fused-ring (bicyclic) bond motifs is 1. The van der Waals surface area contributed by atoms with Crippen LogP contribution in [0, 0.1) is 19.9 Å². The maximum atomic E-state index is 4.52. The average Bonchev–Trinajstić information content (AvgIpc) is 3.35. The van der Waals surface area contributed by atoms with Crippen molar-refractivity contribution >= 4 is 11.0 Å². The zero-order valence-electron chi connectivity index (χ0n) is 16.0.